The van der Waals surface area contributed by atoms with E-state index >= 15 is 0 Å². The van der Waals surface area contributed by atoms with Gasteiger partial charge in [-0.3, -0.25) is 0 Å². The van der Waals surface area contributed by atoms with Gasteiger partial charge in [0.15, 0.2) is 0 Å². The second-order valence-electron chi connectivity index (χ2n) is 4.58. The molecular weight excluding hydrogens is 227 g/mol. The van der Waals surface area contributed by atoms with Gasteiger partial charge in [-0.25, -0.2) is 4.39 Å². The summed E-state index contributed by atoms with van der Waals surface area (Å²) in [6.45, 7) is 2.02. The smallest absolute Gasteiger partial charge is 0.126 e. The van der Waals surface area contributed by atoms with Gasteiger partial charge in [0.25, 0.3) is 0 Å². The molecule has 2 aromatic rings. The topological polar surface area (TPSA) is 20.2 Å². The van der Waals surface area contributed by atoms with Crippen LogP contribution in [0.3, 0.4) is 0 Å². The van der Waals surface area contributed by atoms with Crippen LogP contribution in [0.25, 0.3) is 0 Å². The molecule has 0 saturated carbocycles. The third-order valence-corrected chi connectivity index (χ3v) is 3.13. The standard InChI is InChI=1S/C16H17FO/c1-12-6-2-3-7-13(12)10-15(18)11-14-8-4-5-9-16(14)17/h2-9,15,18H,10-11H2,1H3. The highest BCUT2D eigenvalue weighted by Crippen LogP contribution is 2.14. The number of aryl methyl sites for hydroxylation is 1. The van der Waals surface area contributed by atoms with Crippen molar-refractivity contribution in [3.8, 4) is 0 Å². The summed E-state index contributed by atoms with van der Waals surface area (Å²) in [5, 5.41) is 10.0. The van der Waals surface area contributed by atoms with Crippen molar-refractivity contribution in [2.75, 3.05) is 0 Å². The van der Waals surface area contributed by atoms with Gasteiger partial charge < -0.3 is 5.11 Å². The van der Waals surface area contributed by atoms with Gasteiger partial charge in [-0.05, 0) is 36.1 Å². The molecule has 0 bridgehead atoms. The van der Waals surface area contributed by atoms with Crippen molar-refractivity contribution in [2.24, 2.45) is 0 Å². The maximum atomic E-state index is 13.5. The van der Waals surface area contributed by atoms with Crippen molar-refractivity contribution in [3.05, 3.63) is 71.0 Å². The van der Waals surface area contributed by atoms with E-state index < -0.39 is 6.10 Å². The fraction of sp³-hybridized carbons (Fsp3) is 0.250. The van der Waals surface area contributed by atoms with Gasteiger partial charge in [-0.15, -0.1) is 0 Å². The van der Waals surface area contributed by atoms with Crippen molar-refractivity contribution in [2.45, 2.75) is 25.9 Å². The molecule has 0 heterocycles. The van der Waals surface area contributed by atoms with Crippen LogP contribution in [0.5, 0.6) is 0 Å². The van der Waals surface area contributed by atoms with Gasteiger partial charge in [-0.2, -0.15) is 0 Å². The molecule has 0 aliphatic carbocycles. The first-order valence-electron chi connectivity index (χ1n) is 6.13. The normalized spacial score (nSPS) is 12.4. The van der Waals surface area contributed by atoms with E-state index in [2.05, 4.69) is 0 Å². The van der Waals surface area contributed by atoms with E-state index in [1.807, 2.05) is 31.2 Å². The molecule has 18 heavy (non-hydrogen) atoms. The summed E-state index contributed by atoms with van der Waals surface area (Å²) < 4.78 is 13.5. The van der Waals surface area contributed by atoms with E-state index in [0.29, 0.717) is 18.4 Å². The van der Waals surface area contributed by atoms with Gasteiger partial charge in [0, 0.05) is 6.42 Å². The van der Waals surface area contributed by atoms with E-state index in [9.17, 15) is 9.50 Å². The van der Waals surface area contributed by atoms with Crippen LogP contribution in [-0.2, 0) is 12.8 Å². The van der Waals surface area contributed by atoms with Crippen LogP contribution in [0.2, 0.25) is 0 Å². The number of aliphatic hydroxyl groups is 1. The second-order valence-corrected chi connectivity index (χ2v) is 4.58. The molecule has 0 spiro atoms. The molecule has 1 N–H and O–H groups in total. The summed E-state index contributed by atoms with van der Waals surface area (Å²) in [6, 6.07) is 14.5. The lowest BCUT2D eigenvalue weighted by Crippen LogP contribution is -2.15. The van der Waals surface area contributed by atoms with E-state index in [1.54, 1.807) is 18.2 Å². The summed E-state index contributed by atoms with van der Waals surface area (Å²) in [6.07, 6.45) is 0.352. The number of hydrogen-bond donors (Lipinski definition) is 1. The Labute approximate surface area is 107 Å². The lowest BCUT2D eigenvalue weighted by atomic mass is 9.98. The Morgan fingerprint density at radius 2 is 1.50 bits per heavy atom. The van der Waals surface area contributed by atoms with Crippen molar-refractivity contribution in [3.63, 3.8) is 0 Å². The molecular formula is C16H17FO. The van der Waals surface area contributed by atoms with Crippen molar-refractivity contribution >= 4 is 0 Å². The van der Waals surface area contributed by atoms with Crippen LogP contribution in [0, 0.1) is 12.7 Å². The average molecular weight is 244 g/mol. The van der Waals surface area contributed by atoms with Crippen LogP contribution < -0.4 is 0 Å². The first-order valence-corrected chi connectivity index (χ1v) is 6.13. The number of hydrogen-bond acceptors (Lipinski definition) is 1. The number of aliphatic hydroxyl groups excluding tert-OH is 1. The Balaban J connectivity index is 2.04. The van der Waals surface area contributed by atoms with Gasteiger partial charge in [0.2, 0.25) is 0 Å². The fourth-order valence-corrected chi connectivity index (χ4v) is 2.08. The third-order valence-electron chi connectivity index (χ3n) is 3.13. The summed E-state index contributed by atoms with van der Waals surface area (Å²) in [5.74, 6) is -0.249. The Bertz CT molecular complexity index is 475. The van der Waals surface area contributed by atoms with Crippen molar-refractivity contribution < 1.29 is 9.50 Å². The average Bonchev–Trinajstić information content (AvgIpc) is 2.35. The molecule has 0 fully saturated rings. The monoisotopic (exact) mass is 244 g/mol. The minimum absolute atomic E-state index is 0.249. The summed E-state index contributed by atoms with van der Waals surface area (Å²) >= 11 is 0. The highest BCUT2D eigenvalue weighted by atomic mass is 19.1. The molecule has 0 aromatic heterocycles. The van der Waals surface area contributed by atoms with Gasteiger partial charge in [0.05, 0.1) is 6.10 Å². The highest BCUT2D eigenvalue weighted by Gasteiger charge is 2.10. The number of rotatable bonds is 4. The first kappa shape index (κ1) is 12.8. The van der Waals surface area contributed by atoms with E-state index in [-0.39, 0.29) is 5.82 Å². The molecule has 0 radical (unpaired) electrons. The summed E-state index contributed by atoms with van der Waals surface area (Å²) in [7, 11) is 0. The summed E-state index contributed by atoms with van der Waals surface area (Å²) in [4.78, 5) is 0. The molecule has 2 aromatic carbocycles. The molecule has 94 valence electrons. The van der Waals surface area contributed by atoms with Crippen LogP contribution in [0.15, 0.2) is 48.5 Å². The Kier molecular flexibility index (Phi) is 4.11. The molecule has 2 rings (SSSR count). The van der Waals surface area contributed by atoms with Gasteiger partial charge >= 0.3 is 0 Å². The molecule has 2 heteroatoms. The van der Waals surface area contributed by atoms with Gasteiger partial charge in [-0.1, -0.05) is 42.5 Å². The molecule has 1 unspecified atom stereocenters. The first-order chi connectivity index (χ1) is 8.66. The Hall–Kier alpha value is -1.67. The minimum atomic E-state index is -0.553. The zero-order valence-corrected chi connectivity index (χ0v) is 10.4. The zero-order valence-electron chi connectivity index (χ0n) is 10.4. The molecule has 0 aliphatic rings. The lowest BCUT2D eigenvalue weighted by molar-refractivity contribution is 0.174. The lowest BCUT2D eigenvalue weighted by Gasteiger charge is -2.13. The second kappa shape index (κ2) is 5.78. The van der Waals surface area contributed by atoms with E-state index in [0.717, 1.165) is 11.1 Å². The van der Waals surface area contributed by atoms with Crippen LogP contribution in [0.1, 0.15) is 16.7 Å². The van der Waals surface area contributed by atoms with Crippen LogP contribution >= 0.6 is 0 Å². The molecule has 0 aliphatic heterocycles. The fourth-order valence-electron chi connectivity index (χ4n) is 2.08. The quantitative estimate of drug-likeness (QED) is 0.875. The molecule has 1 atom stereocenters. The Morgan fingerprint density at radius 1 is 0.944 bits per heavy atom. The maximum absolute atomic E-state index is 13.5. The van der Waals surface area contributed by atoms with Crippen molar-refractivity contribution in [1.82, 2.24) is 0 Å². The van der Waals surface area contributed by atoms with Crippen LogP contribution in [-0.4, -0.2) is 11.2 Å². The predicted molar refractivity (Wildman–Crippen MR) is 71.0 cm³/mol. The highest BCUT2D eigenvalue weighted by molar-refractivity contribution is 5.27. The Morgan fingerprint density at radius 3 is 2.17 bits per heavy atom. The van der Waals surface area contributed by atoms with E-state index in [4.69, 9.17) is 0 Å². The van der Waals surface area contributed by atoms with Crippen molar-refractivity contribution in [1.29, 1.82) is 0 Å². The molecule has 1 nitrogen and oxygen atoms in total. The predicted octanol–water partition coefficient (Wildman–Crippen LogP) is 3.28. The number of benzene rings is 2. The maximum Gasteiger partial charge on any atom is 0.126 e. The summed E-state index contributed by atoms with van der Waals surface area (Å²) in [5.41, 5.74) is 2.84. The third kappa shape index (κ3) is 3.17. The molecule has 0 amide bonds. The van der Waals surface area contributed by atoms with Crippen LogP contribution in [0.4, 0.5) is 4.39 Å². The SMILES string of the molecule is Cc1ccccc1CC(O)Cc1ccccc1F. The zero-order chi connectivity index (χ0) is 13.0. The van der Waals surface area contributed by atoms with Gasteiger partial charge in [0.1, 0.15) is 5.82 Å². The van der Waals surface area contributed by atoms with E-state index in [1.165, 1.54) is 6.07 Å². The number of halogens is 1. The largest absolute Gasteiger partial charge is 0.392 e. The minimum Gasteiger partial charge on any atom is -0.392 e. The molecule has 0 saturated heterocycles.